The molecule has 1 saturated carbocycles. The average Bonchev–Trinajstić information content (AvgIpc) is 2.65. The van der Waals surface area contributed by atoms with Crippen molar-refractivity contribution in [1.82, 2.24) is 4.90 Å². The quantitative estimate of drug-likeness (QED) is 0.636. The van der Waals surface area contributed by atoms with Crippen LogP contribution in [0.3, 0.4) is 0 Å². The molecule has 0 saturated heterocycles. The van der Waals surface area contributed by atoms with E-state index in [1.54, 1.807) is 4.90 Å². The van der Waals surface area contributed by atoms with Crippen LogP contribution in [0.25, 0.3) is 0 Å². The van der Waals surface area contributed by atoms with Crippen molar-refractivity contribution in [1.29, 1.82) is 0 Å². The number of hydrogen-bond donors (Lipinski definition) is 0. The van der Waals surface area contributed by atoms with Crippen LogP contribution in [0.1, 0.15) is 32.6 Å². The molecule has 14 heavy (non-hydrogen) atoms. The van der Waals surface area contributed by atoms with Gasteiger partial charge in [0.2, 0.25) is 5.91 Å². The Hall–Kier alpha value is -1.06. The van der Waals surface area contributed by atoms with Crippen LogP contribution in [0.5, 0.6) is 0 Å². The molecule has 0 bridgehead atoms. The van der Waals surface area contributed by atoms with Crippen LogP contribution in [0.4, 0.5) is 0 Å². The summed E-state index contributed by atoms with van der Waals surface area (Å²) >= 11 is 0. The van der Waals surface area contributed by atoms with Gasteiger partial charge >= 0.3 is 5.97 Å². The molecule has 0 atom stereocenters. The molecule has 0 unspecified atom stereocenters. The first-order valence-corrected chi connectivity index (χ1v) is 4.99. The summed E-state index contributed by atoms with van der Waals surface area (Å²) in [6.07, 6.45) is 4.32. The van der Waals surface area contributed by atoms with Crippen LogP contribution in [0.2, 0.25) is 0 Å². The summed E-state index contributed by atoms with van der Waals surface area (Å²) in [5.74, 6) is -0.380. The lowest BCUT2D eigenvalue weighted by Crippen LogP contribution is -2.41. The third kappa shape index (κ3) is 2.72. The van der Waals surface area contributed by atoms with E-state index in [9.17, 15) is 9.59 Å². The third-order valence-corrected chi connectivity index (χ3v) is 2.70. The van der Waals surface area contributed by atoms with Gasteiger partial charge in [-0.1, -0.05) is 12.8 Å². The van der Waals surface area contributed by atoms with Crippen molar-refractivity contribution < 1.29 is 14.3 Å². The van der Waals surface area contributed by atoms with Crippen LogP contribution in [-0.2, 0) is 14.3 Å². The molecule has 0 aromatic carbocycles. The van der Waals surface area contributed by atoms with E-state index in [1.807, 2.05) is 0 Å². The minimum Gasteiger partial charge on any atom is -0.468 e. The van der Waals surface area contributed by atoms with Gasteiger partial charge < -0.3 is 9.64 Å². The van der Waals surface area contributed by atoms with E-state index in [2.05, 4.69) is 4.74 Å². The minimum absolute atomic E-state index is 0.0395. The molecule has 4 heteroatoms. The van der Waals surface area contributed by atoms with Gasteiger partial charge in [-0.15, -0.1) is 0 Å². The summed E-state index contributed by atoms with van der Waals surface area (Å²) in [6.45, 7) is 1.59. The number of amides is 1. The smallest absolute Gasteiger partial charge is 0.325 e. The highest BCUT2D eigenvalue weighted by Gasteiger charge is 2.26. The number of carbonyl (C=O) groups excluding carboxylic acids is 2. The summed E-state index contributed by atoms with van der Waals surface area (Å²) in [4.78, 5) is 24.0. The number of carbonyl (C=O) groups is 2. The minimum atomic E-state index is -0.341. The highest BCUT2D eigenvalue weighted by atomic mass is 16.5. The van der Waals surface area contributed by atoms with E-state index in [1.165, 1.54) is 14.0 Å². The van der Waals surface area contributed by atoms with E-state index in [4.69, 9.17) is 0 Å². The molecule has 1 rings (SSSR count). The lowest BCUT2D eigenvalue weighted by atomic mass is 10.2. The Bertz CT molecular complexity index is 221. The molecule has 1 aliphatic rings. The number of methoxy groups -OCH3 is 1. The molecule has 4 nitrogen and oxygen atoms in total. The number of esters is 1. The van der Waals surface area contributed by atoms with Crippen LogP contribution in [-0.4, -0.2) is 36.5 Å². The van der Waals surface area contributed by atoms with Crippen LogP contribution < -0.4 is 0 Å². The molecule has 0 spiro atoms. The molecule has 0 aliphatic heterocycles. The van der Waals surface area contributed by atoms with Gasteiger partial charge in [0.05, 0.1) is 7.11 Å². The Morgan fingerprint density at radius 1 is 1.36 bits per heavy atom. The summed E-state index contributed by atoms with van der Waals surface area (Å²) in [5.41, 5.74) is 0. The maximum absolute atomic E-state index is 11.3. The second-order valence-corrected chi connectivity index (χ2v) is 3.66. The van der Waals surface area contributed by atoms with E-state index < -0.39 is 0 Å². The molecule has 1 aliphatic carbocycles. The fourth-order valence-corrected chi connectivity index (χ4v) is 1.92. The molecule has 0 heterocycles. The maximum Gasteiger partial charge on any atom is 0.325 e. The number of ether oxygens (including phenoxy) is 1. The fraction of sp³-hybridized carbons (Fsp3) is 0.800. The van der Waals surface area contributed by atoms with Gasteiger partial charge in [0.15, 0.2) is 0 Å². The Kier molecular flexibility index (Phi) is 3.92. The Morgan fingerprint density at radius 2 is 1.93 bits per heavy atom. The Labute approximate surface area is 84.2 Å². The van der Waals surface area contributed by atoms with Crippen LogP contribution in [0.15, 0.2) is 0 Å². The van der Waals surface area contributed by atoms with Gasteiger partial charge in [0.1, 0.15) is 6.54 Å². The first-order chi connectivity index (χ1) is 6.65. The van der Waals surface area contributed by atoms with Gasteiger partial charge in [-0.3, -0.25) is 9.59 Å². The van der Waals surface area contributed by atoms with Crippen LogP contribution in [0, 0.1) is 0 Å². The predicted molar refractivity (Wildman–Crippen MR) is 51.7 cm³/mol. The van der Waals surface area contributed by atoms with Crippen molar-refractivity contribution in [2.24, 2.45) is 0 Å². The molecular weight excluding hydrogens is 182 g/mol. The van der Waals surface area contributed by atoms with E-state index in [0.29, 0.717) is 0 Å². The zero-order valence-electron chi connectivity index (χ0n) is 8.78. The molecule has 80 valence electrons. The zero-order valence-corrected chi connectivity index (χ0v) is 8.78. The Balaban J connectivity index is 2.54. The van der Waals surface area contributed by atoms with Crippen molar-refractivity contribution >= 4 is 11.9 Å². The molecule has 0 radical (unpaired) electrons. The normalized spacial score (nSPS) is 16.7. The first-order valence-electron chi connectivity index (χ1n) is 4.99. The van der Waals surface area contributed by atoms with Gasteiger partial charge in [-0.05, 0) is 12.8 Å². The summed E-state index contributed by atoms with van der Waals surface area (Å²) in [6, 6.07) is 0.242. The van der Waals surface area contributed by atoms with E-state index >= 15 is 0 Å². The number of hydrogen-bond acceptors (Lipinski definition) is 3. The summed E-state index contributed by atoms with van der Waals surface area (Å²) < 4.78 is 4.56. The summed E-state index contributed by atoms with van der Waals surface area (Å²) in [7, 11) is 1.34. The third-order valence-electron chi connectivity index (χ3n) is 2.70. The monoisotopic (exact) mass is 199 g/mol. The van der Waals surface area contributed by atoms with Gasteiger partial charge in [0.25, 0.3) is 0 Å². The van der Waals surface area contributed by atoms with Crippen molar-refractivity contribution in [3.05, 3.63) is 0 Å². The molecule has 0 aromatic heterocycles. The lowest BCUT2D eigenvalue weighted by Gasteiger charge is -2.26. The maximum atomic E-state index is 11.3. The highest BCUT2D eigenvalue weighted by Crippen LogP contribution is 2.23. The highest BCUT2D eigenvalue weighted by molar-refractivity contribution is 5.80. The largest absolute Gasteiger partial charge is 0.468 e. The van der Waals surface area contributed by atoms with Crippen molar-refractivity contribution in [3.8, 4) is 0 Å². The van der Waals surface area contributed by atoms with Gasteiger partial charge in [0, 0.05) is 13.0 Å². The second kappa shape index (κ2) is 4.98. The van der Waals surface area contributed by atoms with Crippen molar-refractivity contribution in [3.63, 3.8) is 0 Å². The summed E-state index contributed by atoms with van der Waals surface area (Å²) in [5, 5.41) is 0. The topological polar surface area (TPSA) is 46.6 Å². The lowest BCUT2D eigenvalue weighted by molar-refractivity contribution is -0.147. The van der Waals surface area contributed by atoms with Crippen molar-refractivity contribution in [2.75, 3.05) is 13.7 Å². The Morgan fingerprint density at radius 3 is 2.36 bits per heavy atom. The fourth-order valence-electron chi connectivity index (χ4n) is 1.92. The average molecular weight is 199 g/mol. The van der Waals surface area contributed by atoms with E-state index in [0.717, 1.165) is 25.7 Å². The predicted octanol–water partition coefficient (Wildman–Crippen LogP) is 0.950. The molecule has 1 amide bonds. The van der Waals surface area contributed by atoms with Crippen LogP contribution >= 0.6 is 0 Å². The molecule has 0 N–H and O–H groups in total. The van der Waals surface area contributed by atoms with Gasteiger partial charge in [-0.25, -0.2) is 0 Å². The standard InChI is InChI=1S/C10H17NO3/c1-8(12)11(7-10(13)14-2)9-5-3-4-6-9/h9H,3-7H2,1-2H3. The second-order valence-electron chi connectivity index (χ2n) is 3.66. The molecule has 0 aromatic rings. The SMILES string of the molecule is COC(=O)CN(C(C)=O)C1CCCC1. The van der Waals surface area contributed by atoms with E-state index in [-0.39, 0.29) is 24.5 Å². The first kappa shape index (κ1) is 11.0. The molecule has 1 fully saturated rings. The molecular formula is C10H17NO3. The van der Waals surface area contributed by atoms with Gasteiger partial charge in [-0.2, -0.15) is 0 Å². The number of rotatable bonds is 3. The number of nitrogens with zero attached hydrogens (tertiary/aromatic N) is 1. The van der Waals surface area contributed by atoms with Crippen molar-refractivity contribution in [2.45, 2.75) is 38.6 Å². The zero-order chi connectivity index (χ0) is 10.6.